The minimum atomic E-state index is -1.01. The Labute approximate surface area is 138 Å². The molecule has 0 spiro atoms. The molecule has 2 atom stereocenters. The zero-order valence-corrected chi connectivity index (χ0v) is 13.1. The van der Waals surface area contributed by atoms with E-state index < -0.39 is 28.9 Å². The summed E-state index contributed by atoms with van der Waals surface area (Å²) >= 11 is 0. The van der Waals surface area contributed by atoms with Crippen molar-refractivity contribution in [3.05, 3.63) is 35.4 Å². The van der Waals surface area contributed by atoms with Crippen LogP contribution in [0.1, 0.15) is 30.7 Å². The number of carbonyl (C=O) groups excluding carboxylic acids is 1. The van der Waals surface area contributed by atoms with Gasteiger partial charge in [0.2, 0.25) is 5.91 Å². The van der Waals surface area contributed by atoms with E-state index in [0.717, 1.165) is 6.07 Å². The van der Waals surface area contributed by atoms with Gasteiger partial charge < -0.3 is 15.2 Å². The number of carboxylic acid groups (broad SMARTS) is 1. The van der Waals surface area contributed by atoms with Gasteiger partial charge in [-0.2, -0.15) is 0 Å². The zero-order valence-electron chi connectivity index (χ0n) is 13.1. The monoisotopic (exact) mass is 339 g/mol. The quantitative estimate of drug-likeness (QED) is 0.861. The smallest absolute Gasteiger partial charge is 0.311 e. The second kappa shape index (κ2) is 6.47. The van der Waals surface area contributed by atoms with Crippen molar-refractivity contribution in [2.75, 3.05) is 19.8 Å². The van der Waals surface area contributed by atoms with E-state index in [0.29, 0.717) is 32.5 Å². The van der Waals surface area contributed by atoms with Crippen molar-refractivity contribution in [3.63, 3.8) is 0 Å². The van der Waals surface area contributed by atoms with Crippen LogP contribution in [0.5, 0.6) is 0 Å². The lowest BCUT2D eigenvalue weighted by Gasteiger charge is -2.33. The number of nitrogens with one attached hydrogen (secondary N) is 1. The molecule has 1 aromatic carbocycles. The first-order valence-corrected chi connectivity index (χ1v) is 7.97. The van der Waals surface area contributed by atoms with Crippen molar-refractivity contribution < 1.29 is 28.2 Å². The van der Waals surface area contributed by atoms with Crippen LogP contribution in [0.25, 0.3) is 0 Å². The molecule has 2 N–H and O–H groups in total. The first-order chi connectivity index (χ1) is 11.4. The van der Waals surface area contributed by atoms with E-state index in [1.807, 2.05) is 0 Å². The summed E-state index contributed by atoms with van der Waals surface area (Å²) < 4.78 is 32.2. The van der Waals surface area contributed by atoms with E-state index in [-0.39, 0.29) is 23.9 Å². The van der Waals surface area contributed by atoms with Crippen LogP contribution in [-0.4, -0.2) is 36.7 Å². The summed E-state index contributed by atoms with van der Waals surface area (Å²) in [5, 5.41) is 12.1. The second-order valence-electron chi connectivity index (χ2n) is 6.51. The predicted molar refractivity (Wildman–Crippen MR) is 80.3 cm³/mol. The molecule has 1 saturated heterocycles. The molecule has 1 amide bonds. The van der Waals surface area contributed by atoms with E-state index in [2.05, 4.69) is 5.32 Å². The summed E-state index contributed by atoms with van der Waals surface area (Å²) in [5.74, 6) is -3.89. The van der Waals surface area contributed by atoms with Crippen molar-refractivity contribution in [1.82, 2.24) is 5.32 Å². The van der Waals surface area contributed by atoms with Gasteiger partial charge in [-0.15, -0.1) is 0 Å². The summed E-state index contributed by atoms with van der Waals surface area (Å²) in [4.78, 5) is 23.8. The Morgan fingerprint density at radius 3 is 2.67 bits per heavy atom. The molecular weight excluding hydrogens is 320 g/mol. The fourth-order valence-corrected chi connectivity index (χ4v) is 3.25. The highest BCUT2D eigenvalue weighted by Crippen LogP contribution is 2.48. The first kappa shape index (κ1) is 16.8. The summed E-state index contributed by atoms with van der Waals surface area (Å²) in [6, 6.07) is 3.94. The van der Waals surface area contributed by atoms with Crippen molar-refractivity contribution >= 4 is 11.9 Å². The standard InChI is InChI=1S/C17H19F2NO4/c18-13-3-1-2-10(14(13)19)11-8-12(11)15(21)20-9-17(16(22)23)4-6-24-7-5-17/h1-3,11-12H,4-9H2,(H,20,21)(H,22,23). The fourth-order valence-electron chi connectivity index (χ4n) is 3.25. The number of benzene rings is 1. The molecule has 3 rings (SSSR count). The van der Waals surface area contributed by atoms with Gasteiger partial charge in [0.05, 0.1) is 5.41 Å². The summed E-state index contributed by atoms with van der Waals surface area (Å²) in [7, 11) is 0. The molecule has 7 heteroatoms. The Bertz CT molecular complexity index is 658. The van der Waals surface area contributed by atoms with Crippen LogP contribution in [0.15, 0.2) is 18.2 Å². The first-order valence-electron chi connectivity index (χ1n) is 7.97. The van der Waals surface area contributed by atoms with Gasteiger partial charge in [0, 0.05) is 25.7 Å². The zero-order chi connectivity index (χ0) is 17.3. The normalized spacial score (nSPS) is 25.1. The van der Waals surface area contributed by atoms with Crippen LogP contribution in [0.3, 0.4) is 0 Å². The topological polar surface area (TPSA) is 75.6 Å². The van der Waals surface area contributed by atoms with Gasteiger partial charge >= 0.3 is 5.97 Å². The Balaban J connectivity index is 1.60. The lowest BCUT2D eigenvalue weighted by atomic mass is 9.80. The Kier molecular flexibility index (Phi) is 4.54. The minimum Gasteiger partial charge on any atom is -0.481 e. The van der Waals surface area contributed by atoms with Gasteiger partial charge in [0.25, 0.3) is 0 Å². The van der Waals surface area contributed by atoms with E-state index in [4.69, 9.17) is 4.74 Å². The Hall–Kier alpha value is -2.02. The molecule has 5 nitrogen and oxygen atoms in total. The molecule has 2 fully saturated rings. The lowest BCUT2D eigenvalue weighted by Crippen LogP contribution is -2.46. The fraction of sp³-hybridized carbons (Fsp3) is 0.529. The molecule has 1 aliphatic heterocycles. The molecule has 24 heavy (non-hydrogen) atoms. The van der Waals surface area contributed by atoms with Crippen molar-refractivity contribution in [2.45, 2.75) is 25.2 Å². The van der Waals surface area contributed by atoms with E-state index in [1.165, 1.54) is 12.1 Å². The van der Waals surface area contributed by atoms with Crippen molar-refractivity contribution in [1.29, 1.82) is 0 Å². The molecule has 1 saturated carbocycles. The minimum absolute atomic E-state index is 0.0272. The van der Waals surface area contributed by atoms with Crippen LogP contribution in [0, 0.1) is 23.0 Å². The lowest BCUT2D eigenvalue weighted by molar-refractivity contribution is -0.154. The van der Waals surface area contributed by atoms with Crippen LogP contribution in [0.2, 0.25) is 0 Å². The number of hydrogen-bond donors (Lipinski definition) is 2. The van der Waals surface area contributed by atoms with E-state index in [9.17, 15) is 23.5 Å². The van der Waals surface area contributed by atoms with Gasteiger partial charge in [-0.25, -0.2) is 8.78 Å². The molecule has 130 valence electrons. The van der Waals surface area contributed by atoms with Crippen LogP contribution in [-0.2, 0) is 14.3 Å². The maximum Gasteiger partial charge on any atom is 0.311 e. The van der Waals surface area contributed by atoms with Gasteiger partial charge in [0.15, 0.2) is 11.6 Å². The number of carboxylic acids is 1. The third-order valence-electron chi connectivity index (χ3n) is 5.01. The molecule has 1 aromatic rings. The van der Waals surface area contributed by atoms with Crippen LogP contribution >= 0.6 is 0 Å². The second-order valence-corrected chi connectivity index (χ2v) is 6.51. The molecule has 1 aliphatic carbocycles. The summed E-state index contributed by atoms with van der Waals surface area (Å²) in [6.07, 6.45) is 1.12. The highest BCUT2D eigenvalue weighted by Gasteiger charge is 2.47. The highest BCUT2D eigenvalue weighted by molar-refractivity contribution is 5.84. The third kappa shape index (κ3) is 3.13. The van der Waals surface area contributed by atoms with Crippen molar-refractivity contribution in [2.24, 2.45) is 11.3 Å². The number of hydrogen-bond acceptors (Lipinski definition) is 3. The number of carbonyl (C=O) groups is 2. The largest absolute Gasteiger partial charge is 0.481 e. The van der Waals surface area contributed by atoms with E-state index >= 15 is 0 Å². The molecule has 2 aliphatic rings. The molecule has 1 heterocycles. The average Bonchev–Trinajstić information content (AvgIpc) is 3.36. The van der Waals surface area contributed by atoms with Gasteiger partial charge in [-0.3, -0.25) is 9.59 Å². The van der Waals surface area contributed by atoms with Crippen LogP contribution in [0.4, 0.5) is 8.78 Å². The maximum absolute atomic E-state index is 13.8. The maximum atomic E-state index is 13.8. The number of amides is 1. The Morgan fingerprint density at radius 2 is 2.00 bits per heavy atom. The van der Waals surface area contributed by atoms with Crippen LogP contribution < -0.4 is 5.32 Å². The van der Waals surface area contributed by atoms with Gasteiger partial charge in [-0.1, -0.05) is 12.1 Å². The SMILES string of the molecule is O=C(NCC1(C(=O)O)CCOCC1)C1CC1c1cccc(F)c1F. The predicted octanol–water partition coefficient (Wildman–Crippen LogP) is 2.07. The highest BCUT2D eigenvalue weighted by atomic mass is 19.2. The number of rotatable bonds is 5. The molecule has 0 bridgehead atoms. The summed E-state index contributed by atoms with van der Waals surface area (Å²) in [6.45, 7) is 0.727. The van der Waals surface area contributed by atoms with Gasteiger partial charge in [-0.05, 0) is 36.8 Å². The van der Waals surface area contributed by atoms with Crippen molar-refractivity contribution in [3.8, 4) is 0 Å². The molecule has 0 radical (unpaired) electrons. The number of ether oxygens (including phenoxy) is 1. The third-order valence-corrected chi connectivity index (χ3v) is 5.01. The summed E-state index contributed by atoms with van der Waals surface area (Å²) in [5.41, 5.74) is -0.809. The number of aliphatic carboxylic acids is 1. The van der Waals surface area contributed by atoms with E-state index in [1.54, 1.807) is 0 Å². The van der Waals surface area contributed by atoms with Gasteiger partial charge in [0.1, 0.15) is 0 Å². The molecule has 0 aromatic heterocycles. The number of halogens is 2. The molecule has 2 unspecified atom stereocenters. The Morgan fingerprint density at radius 1 is 1.29 bits per heavy atom. The average molecular weight is 339 g/mol. The molecular formula is C17H19F2NO4.